The maximum absolute atomic E-state index is 10.5. The van der Waals surface area contributed by atoms with Crippen LogP contribution in [0.15, 0.2) is 24.3 Å². The molecule has 41 heavy (non-hydrogen) atoms. The van der Waals surface area contributed by atoms with Crippen molar-refractivity contribution in [1.29, 1.82) is 0 Å². The zero-order valence-electron chi connectivity index (χ0n) is 23.1. The molecule has 5 unspecified atom stereocenters. The highest BCUT2D eigenvalue weighted by Gasteiger charge is 2.49. The summed E-state index contributed by atoms with van der Waals surface area (Å²) < 4.78 is 45.7. The Hall–Kier alpha value is -3.04. The molecular formula is C28H36O13. The summed E-state index contributed by atoms with van der Waals surface area (Å²) in [5.74, 6) is 1.08. The molecule has 2 aromatic carbocycles. The Morgan fingerprint density at radius 2 is 1.17 bits per heavy atom. The smallest absolute Gasteiger partial charge is 0.229 e. The van der Waals surface area contributed by atoms with E-state index in [1.807, 2.05) is 0 Å². The SMILES string of the molecule is COc1cc(C2OCC3C(c4cc(OC)c(OC5O[C@H](CO)[C@@H](O)[C@H](O)[C@H]5O)c(OC)c4)OCC23)cc(OC)c1O. The van der Waals surface area contributed by atoms with Gasteiger partial charge in [-0.15, -0.1) is 0 Å². The van der Waals surface area contributed by atoms with Crippen LogP contribution in [0.4, 0.5) is 0 Å². The standard InChI is InChI=1S/C28H36O13/c1-34-16-5-12(6-17(35-2)21(16)30)25-14-10-39-26(15(14)11-38-25)13-7-18(36-3)27(19(8-13)37-4)41-28-24(33)23(32)22(31)20(9-29)40-28/h5-8,14-15,20,22-26,28-33H,9-11H2,1-4H3/t14?,15?,20-,22-,23+,24-,25?,26?,28?/m1/s1. The summed E-state index contributed by atoms with van der Waals surface area (Å²) in [4.78, 5) is 0. The van der Waals surface area contributed by atoms with Crippen molar-refractivity contribution in [3.63, 3.8) is 0 Å². The molecule has 0 bridgehead atoms. The van der Waals surface area contributed by atoms with Gasteiger partial charge in [0.05, 0.1) is 60.5 Å². The quantitative estimate of drug-likeness (QED) is 0.280. The molecule has 0 spiro atoms. The molecule has 3 fully saturated rings. The molecule has 5 N–H and O–H groups in total. The zero-order valence-corrected chi connectivity index (χ0v) is 23.1. The average molecular weight is 581 g/mol. The molecule has 13 heteroatoms. The van der Waals surface area contributed by atoms with Crippen molar-refractivity contribution in [2.45, 2.75) is 42.9 Å². The van der Waals surface area contributed by atoms with Crippen LogP contribution in [0.25, 0.3) is 0 Å². The molecule has 0 aromatic heterocycles. The Labute approximate surface area is 236 Å². The maximum atomic E-state index is 10.5. The number of benzene rings is 2. The summed E-state index contributed by atoms with van der Waals surface area (Å²) in [6.07, 6.45) is -7.96. The lowest BCUT2D eigenvalue weighted by molar-refractivity contribution is -0.277. The van der Waals surface area contributed by atoms with E-state index in [9.17, 15) is 25.5 Å². The average Bonchev–Trinajstić information content (AvgIpc) is 3.60. The van der Waals surface area contributed by atoms with Crippen molar-refractivity contribution in [3.8, 4) is 34.5 Å². The molecule has 226 valence electrons. The number of rotatable bonds is 9. The van der Waals surface area contributed by atoms with Crippen molar-refractivity contribution in [2.24, 2.45) is 11.8 Å². The van der Waals surface area contributed by atoms with Crippen LogP contribution in [0.3, 0.4) is 0 Å². The van der Waals surface area contributed by atoms with Crippen LogP contribution in [0.5, 0.6) is 34.5 Å². The number of phenolic OH excluding ortho intramolecular Hbond substituents is 1. The lowest BCUT2D eigenvalue weighted by Crippen LogP contribution is -2.60. The van der Waals surface area contributed by atoms with Gasteiger partial charge in [-0.1, -0.05) is 0 Å². The Bertz CT molecular complexity index is 1170. The van der Waals surface area contributed by atoms with Gasteiger partial charge < -0.3 is 63.4 Å². The minimum absolute atomic E-state index is 0.000914. The molecule has 3 saturated heterocycles. The van der Waals surface area contributed by atoms with Crippen LogP contribution >= 0.6 is 0 Å². The predicted molar refractivity (Wildman–Crippen MR) is 140 cm³/mol. The van der Waals surface area contributed by atoms with E-state index in [4.69, 9.17) is 37.9 Å². The van der Waals surface area contributed by atoms with E-state index in [-0.39, 0.29) is 58.5 Å². The fourth-order valence-corrected chi connectivity index (χ4v) is 5.77. The van der Waals surface area contributed by atoms with Gasteiger partial charge in [-0.05, 0) is 35.4 Å². The molecule has 13 nitrogen and oxygen atoms in total. The molecule has 3 aliphatic rings. The maximum Gasteiger partial charge on any atom is 0.229 e. The Morgan fingerprint density at radius 3 is 1.61 bits per heavy atom. The van der Waals surface area contributed by atoms with Crippen LogP contribution in [0, 0.1) is 11.8 Å². The van der Waals surface area contributed by atoms with Crippen molar-refractivity contribution >= 4 is 0 Å². The van der Waals surface area contributed by atoms with E-state index in [0.29, 0.717) is 13.2 Å². The lowest BCUT2D eigenvalue weighted by atomic mass is 9.84. The number of aromatic hydroxyl groups is 1. The second kappa shape index (κ2) is 12.1. The highest BCUT2D eigenvalue weighted by molar-refractivity contribution is 5.55. The van der Waals surface area contributed by atoms with Crippen LogP contribution < -0.4 is 23.7 Å². The monoisotopic (exact) mass is 580 g/mol. The molecule has 3 aliphatic heterocycles. The number of fused-ring (bicyclic) bond motifs is 1. The predicted octanol–water partition coefficient (Wildman–Crippen LogP) is 0.680. The Balaban J connectivity index is 1.40. The number of methoxy groups -OCH3 is 4. The van der Waals surface area contributed by atoms with Gasteiger partial charge in [0.25, 0.3) is 0 Å². The molecule has 9 atom stereocenters. The van der Waals surface area contributed by atoms with E-state index < -0.39 is 37.3 Å². The van der Waals surface area contributed by atoms with Gasteiger partial charge in [-0.3, -0.25) is 0 Å². The third-order valence-electron chi connectivity index (χ3n) is 7.99. The molecule has 0 radical (unpaired) electrons. The fraction of sp³-hybridized carbons (Fsp3) is 0.571. The van der Waals surface area contributed by atoms with Crippen molar-refractivity contribution < 1.29 is 63.4 Å². The summed E-state index contributed by atoms with van der Waals surface area (Å²) in [5, 5.41) is 50.5. The Kier molecular flexibility index (Phi) is 8.66. The third kappa shape index (κ3) is 5.23. The minimum Gasteiger partial charge on any atom is -0.502 e. The fourth-order valence-electron chi connectivity index (χ4n) is 5.77. The lowest BCUT2D eigenvalue weighted by Gasteiger charge is -2.39. The van der Waals surface area contributed by atoms with Crippen LogP contribution in [0.2, 0.25) is 0 Å². The summed E-state index contributed by atoms with van der Waals surface area (Å²) in [5.41, 5.74) is 1.55. The summed E-state index contributed by atoms with van der Waals surface area (Å²) in [7, 11) is 5.82. The van der Waals surface area contributed by atoms with Gasteiger partial charge in [-0.25, -0.2) is 0 Å². The van der Waals surface area contributed by atoms with E-state index in [0.717, 1.165) is 11.1 Å². The van der Waals surface area contributed by atoms with Crippen molar-refractivity contribution in [3.05, 3.63) is 35.4 Å². The van der Waals surface area contributed by atoms with Gasteiger partial charge in [0.2, 0.25) is 17.8 Å². The first-order chi connectivity index (χ1) is 19.8. The number of ether oxygens (including phenoxy) is 8. The summed E-state index contributed by atoms with van der Waals surface area (Å²) in [6.45, 7) is 0.241. The molecule has 0 saturated carbocycles. The van der Waals surface area contributed by atoms with Gasteiger partial charge in [-0.2, -0.15) is 0 Å². The van der Waals surface area contributed by atoms with E-state index in [1.54, 1.807) is 24.3 Å². The minimum atomic E-state index is -1.61. The largest absolute Gasteiger partial charge is 0.502 e. The topological polar surface area (TPSA) is 175 Å². The molecule has 0 amide bonds. The first-order valence-corrected chi connectivity index (χ1v) is 13.2. The van der Waals surface area contributed by atoms with Crippen molar-refractivity contribution in [1.82, 2.24) is 0 Å². The second-order valence-corrected chi connectivity index (χ2v) is 10.2. The Morgan fingerprint density at radius 1 is 0.707 bits per heavy atom. The van der Waals surface area contributed by atoms with Crippen LogP contribution in [-0.4, -0.2) is 104 Å². The number of aliphatic hydroxyl groups is 4. The van der Waals surface area contributed by atoms with E-state index >= 15 is 0 Å². The first-order valence-electron chi connectivity index (χ1n) is 13.2. The highest BCUT2D eigenvalue weighted by Crippen LogP contribution is 2.53. The number of hydrogen-bond acceptors (Lipinski definition) is 13. The van der Waals surface area contributed by atoms with Gasteiger partial charge >= 0.3 is 0 Å². The van der Waals surface area contributed by atoms with Gasteiger partial charge in [0, 0.05) is 11.8 Å². The van der Waals surface area contributed by atoms with Gasteiger partial charge in [0.15, 0.2) is 23.0 Å². The third-order valence-corrected chi connectivity index (χ3v) is 7.99. The summed E-state index contributed by atoms with van der Waals surface area (Å²) >= 11 is 0. The molecule has 5 rings (SSSR count). The number of hydrogen-bond donors (Lipinski definition) is 5. The molecule has 3 heterocycles. The second-order valence-electron chi connectivity index (χ2n) is 10.2. The summed E-state index contributed by atoms with van der Waals surface area (Å²) in [6, 6.07) is 6.93. The number of aliphatic hydroxyl groups excluding tert-OH is 4. The number of phenols is 1. The zero-order chi connectivity index (χ0) is 29.4. The first kappa shape index (κ1) is 29.5. The normalized spacial score (nSPS) is 32.8. The molecular weight excluding hydrogens is 544 g/mol. The molecule has 2 aromatic rings. The van der Waals surface area contributed by atoms with Crippen molar-refractivity contribution in [2.75, 3.05) is 48.3 Å². The highest BCUT2D eigenvalue weighted by atomic mass is 16.7. The van der Waals surface area contributed by atoms with Crippen LogP contribution in [0.1, 0.15) is 23.3 Å². The van der Waals surface area contributed by atoms with Gasteiger partial charge in [0.1, 0.15) is 24.4 Å². The van der Waals surface area contributed by atoms with Crippen LogP contribution in [-0.2, 0) is 14.2 Å². The van der Waals surface area contributed by atoms with E-state index in [1.165, 1.54) is 28.4 Å². The van der Waals surface area contributed by atoms with E-state index in [2.05, 4.69) is 0 Å². The molecule has 0 aliphatic carbocycles.